The molecule has 2 N–H and O–H groups in total. The van der Waals surface area contributed by atoms with E-state index in [0.717, 1.165) is 30.4 Å². The summed E-state index contributed by atoms with van der Waals surface area (Å²) in [5, 5.41) is 4.01. The molecule has 0 aliphatic rings. The molecule has 0 aliphatic heterocycles. The van der Waals surface area contributed by atoms with Crippen LogP contribution in [0.1, 0.15) is 50.5 Å². The smallest absolute Gasteiger partial charge is 0.229 e. The average molecular weight is 291 g/mol. The second-order valence-electron chi connectivity index (χ2n) is 5.72. The summed E-state index contributed by atoms with van der Waals surface area (Å²) >= 11 is 0. The van der Waals surface area contributed by atoms with E-state index in [1.165, 1.54) is 12.1 Å². The Morgan fingerprint density at radius 3 is 2.71 bits per heavy atom. The van der Waals surface area contributed by atoms with Crippen molar-refractivity contribution in [3.05, 3.63) is 35.5 Å². The van der Waals surface area contributed by atoms with Gasteiger partial charge >= 0.3 is 0 Å². The first-order valence-corrected chi connectivity index (χ1v) is 7.33. The van der Waals surface area contributed by atoms with Crippen molar-refractivity contribution in [2.75, 3.05) is 0 Å². The van der Waals surface area contributed by atoms with E-state index in [9.17, 15) is 4.39 Å². The molecule has 1 heterocycles. The van der Waals surface area contributed by atoms with Crippen LogP contribution in [-0.2, 0) is 0 Å². The summed E-state index contributed by atoms with van der Waals surface area (Å²) in [6, 6.07) is 4.78. The van der Waals surface area contributed by atoms with Crippen molar-refractivity contribution in [1.29, 1.82) is 0 Å². The van der Waals surface area contributed by atoms with E-state index < -0.39 is 0 Å². The highest BCUT2D eigenvalue weighted by Crippen LogP contribution is 2.25. The fraction of sp³-hybridized carbons (Fsp3) is 0.500. The lowest BCUT2D eigenvalue weighted by Gasteiger charge is -2.07. The molecule has 0 fully saturated rings. The predicted molar refractivity (Wildman–Crippen MR) is 80.3 cm³/mol. The maximum atomic E-state index is 13.1. The first-order chi connectivity index (χ1) is 9.97. The molecule has 0 radical (unpaired) electrons. The number of nitrogens with zero attached hydrogens (tertiary/aromatic N) is 2. The van der Waals surface area contributed by atoms with Crippen molar-refractivity contribution >= 4 is 0 Å². The van der Waals surface area contributed by atoms with E-state index >= 15 is 0 Å². The van der Waals surface area contributed by atoms with E-state index in [-0.39, 0.29) is 17.8 Å². The first-order valence-electron chi connectivity index (χ1n) is 7.33. The molecular weight excluding hydrogens is 269 g/mol. The Balaban J connectivity index is 2.07. The summed E-state index contributed by atoms with van der Waals surface area (Å²) in [7, 11) is 0. The van der Waals surface area contributed by atoms with E-state index in [0.29, 0.717) is 11.7 Å². The van der Waals surface area contributed by atoms with Crippen LogP contribution in [0, 0.1) is 12.7 Å². The molecule has 2 unspecified atom stereocenters. The molecule has 5 heteroatoms. The third-order valence-electron chi connectivity index (χ3n) is 3.59. The third kappa shape index (κ3) is 4.11. The van der Waals surface area contributed by atoms with Crippen molar-refractivity contribution in [3.63, 3.8) is 0 Å². The van der Waals surface area contributed by atoms with Crippen molar-refractivity contribution in [1.82, 2.24) is 10.1 Å². The normalized spacial score (nSPS) is 14.1. The Labute approximate surface area is 124 Å². The molecular formula is C16H22FN3O. The van der Waals surface area contributed by atoms with Crippen molar-refractivity contribution in [3.8, 4) is 11.4 Å². The van der Waals surface area contributed by atoms with Gasteiger partial charge in [0, 0.05) is 17.5 Å². The lowest BCUT2D eigenvalue weighted by molar-refractivity contribution is 0.350. The summed E-state index contributed by atoms with van der Waals surface area (Å²) in [5.74, 6) is 1.08. The molecule has 2 atom stereocenters. The molecule has 4 nitrogen and oxygen atoms in total. The third-order valence-corrected chi connectivity index (χ3v) is 3.59. The number of hydrogen-bond acceptors (Lipinski definition) is 4. The van der Waals surface area contributed by atoms with E-state index in [1.807, 2.05) is 13.8 Å². The van der Waals surface area contributed by atoms with Gasteiger partial charge in [0.2, 0.25) is 11.7 Å². The summed E-state index contributed by atoms with van der Waals surface area (Å²) in [6.45, 7) is 5.91. The topological polar surface area (TPSA) is 64.9 Å². The quantitative estimate of drug-likeness (QED) is 0.879. The van der Waals surface area contributed by atoms with Crippen molar-refractivity contribution in [2.45, 2.75) is 52.0 Å². The number of hydrogen-bond donors (Lipinski definition) is 1. The number of aromatic nitrogens is 2. The van der Waals surface area contributed by atoms with Gasteiger partial charge in [-0.3, -0.25) is 0 Å². The van der Waals surface area contributed by atoms with Crippen LogP contribution in [0.2, 0.25) is 0 Å². The van der Waals surface area contributed by atoms with Gasteiger partial charge in [0.25, 0.3) is 0 Å². The van der Waals surface area contributed by atoms with E-state index in [4.69, 9.17) is 10.3 Å². The van der Waals surface area contributed by atoms with Crippen LogP contribution in [0.5, 0.6) is 0 Å². The number of aryl methyl sites for hydroxylation is 1. The van der Waals surface area contributed by atoms with Crippen LogP contribution in [0.4, 0.5) is 4.39 Å². The molecule has 1 aromatic heterocycles. The van der Waals surface area contributed by atoms with Gasteiger partial charge in [0.1, 0.15) is 5.82 Å². The molecule has 2 aromatic rings. The highest BCUT2D eigenvalue weighted by molar-refractivity contribution is 5.59. The minimum Gasteiger partial charge on any atom is -0.339 e. The molecule has 0 bridgehead atoms. The van der Waals surface area contributed by atoms with Gasteiger partial charge < -0.3 is 10.3 Å². The minimum atomic E-state index is -0.260. The van der Waals surface area contributed by atoms with Crippen molar-refractivity contribution < 1.29 is 8.91 Å². The fourth-order valence-electron chi connectivity index (χ4n) is 2.29. The van der Waals surface area contributed by atoms with Gasteiger partial charge in [-0.1, -0.05) is 18.5 Å². The van der Waals surface area contributed by atoms with Gasteiger partial charge in [-0.25, -0.2) is 4.39 Å². The van der Waals surface area contributed by atoms with Crippen LogP contribution in [0.15, 0.2) is 22.7 Å². The Kier molecular flexibility index (Phi) is 5.07. The molecule has 1 aromatic carbocycles. The second kappa shape index (κ2) is 6.80. The van der Waals surface area contributed by atoms with Gasteiger partial charge in [-0.15, -0.1) is 0 Å². The Morgan fingerprint density at radius 2 is 2.05 bits per heavy atom. The number of rotatable bonds is 6. The van der Waals surface area contributed by atoms with Crippen LogP contribution in [0.3, 0.4) is 0 Å². The largest absolute Gasteiger partial charge is 0.339 e. The summed E-state index contributed by atoms with van der Waals surface area (Å²) in [6.07, 6.45) is 2.99. The van der Waals surface area contributed by atoms with Gasteiger partial charge in [-0.05, 0) is 50.5 Å². The zero-order valence-corrected chi connectivity index (χ0v) is 12.8. The zero-order valence-electron chi connectivity index (χ0n) is 12.8. The standard InChI is InChI=1S/C16H22FN3O/c1-10(5-4-6-12(3)18)16-19-15(20-21-16)14-8-7-13(17)9-11(14)2/h7-10,12H,4-6,18H2,1-3H3. The van der Waals surface area contributed by atoms with Crippen LogP contribution in [-0.4, -0.2) is 16.2 Å². The Morgan fingerprint density at radius 1 is 1.29 bits per heavy atom. The molecule has 21 heavy (non-hydrogen) atoms. The summed E-state index contributed by atoms with van der Waals surface area (Å²) in [4.78, 5) is 4.44. The van der Waals surface area contributed by atoms with E-state index in [2.05, 4.69) is 17.1 Å². The van der Waals surface area contributed by atoms with Gasteiger partial charge in [-0.2, -0.15) is 4.98 Å². The van der Waals surface area contributed by atoms with Gasteiger partial charge in [0.15, 0.2) is 0 Å². The van der Waals surface area contributed by atoms with E-state index in [1.54, 1.807) is 6.07 Å². The summed E-state index contributed by atoms with van der Waals surface area (Å²) < 4.78 is 18.5. The number of nitrogens with two attached hydrogens (primary N) is 1. The minimum absolute atomic E-state index is 0.200. The summed E-state index contributed by atoms with van der Waals surface area (Å²) in [5.41, 5.74) is 7.34. The van der Waals surface area contributed by atoms with Gasteiger partial charge in [0.05, 0.1) is 0 Å². The van der Waals surface area contributed by atoms with Crippen LogP contribution < -0.4 is 5.73 Å². The number of halogens is 1. The first kappa shape index (κ1) is 15.6. The zero-order chi connectivity index (χ0) is 15.4. The predicted octanol–water partition coefficient (Wildman–Crippen LogP) is 3.81. The molecule has 114 valence electrons. The molecule has 0 spiro atoms. The Bertz CT molecular complexity index is 595. The number of benzene rings is 1. The molecule has 2 rings (SSSR count). The molecule has 0 aliphatic carbocycles. The van der Waals surface area contributed by atoms with Crippen LogP contribution >= 0.6 is 0 Å². The maximum absolute atomic E-state index is 13.1. The molecule has 0 saturated heterocycles. The van der Waals surface area contributed by atoms with Crippen molar-refractivity contribution in [2.24, 2.45) is 5.73 Å². The van der Waals surface area contributed by atoms with Crippen LogP contribution in [0.25, 0.3) is 11.4 Å². The average Bonchev–Trinajstić information content (AvgIpc) is 2.87. The molecule has 0 amide bonds. The lowest BCUT2D eigenvalue weighted by atomic mass is 10.0. The molecule has 0 saturated carbocycles. The highest BCUT2D eigenvalue weighted by Gasteiger charge is 2.16. The SMILES string of the molecule is Cc1cc(F)ccc1-c1noc(C(C)CCCC(C)N)n1. The Hall–Kier alpha value is -1.75. The lowest BCUT2D eigenvalue weighted by Crippen LogP contribution is -2.14. The maximum Gasteiger partial charge on any atom is 0.229 e. The highest BCUT2D eigenvalue weighted by atomic mass is 19.1. The fourth-order valence-corrected chi connectivity index (χ4v) is 2.29. The second-order valence-corrected chi connectivity index (χ2v) is 5.72. The monoisotopic (exact) mass is 291 g/mol.